The average Bonchev–Trinajstić information content (AvgIpc) is 2.91. The van der Waals surface area contributed by atoms with Crippen LogP contribution in [0.25, 0.3) is 0 Å². The lowest BCUT2D eigenvalue weighted by molar-refractivity contribution is 0.0951. The van der Waals surface area contributed by atoms with Gasteiger partial charge in [-0.1, -0.05) is 12.1 Å². The second kappa shape index (κ2) is 6.26. The number of aromatic nitrogens is 2. The number of hydrogen-bond donors (Lipinski definition) is 2. The Bertz CT molecular complexity index is 511. The highest BCUT2D eigenvalue weighted by molar-refractivity contribution is 7.98. The Kier molecular flexibility index (Phi) is 4.41. The number of nitrogens with one attached hydrogen (secondary N) is 2. The molecule has 1 aromatic carbocycles. The number of nitrogens with zero attached hydrogens (tertiary/aromatic N) is 1. The molecule has 0 radical (unpaired) electrons. The summed E-state index contributed by atoms with van der Waals surface area (Å²) >= 11 is 1.58. The van der Waals surface area contributed by atoms with Crippen molar-refractivity contribution in [3.63, 3.8) is 0 Å². The van der Waals surface area contributed by atoms with E-state index in [4.69, 9.17) is 0 Å². The van der Waals surface area contributed by atoms with Crippen LogP contribution in [0, 0.1) is 0 Å². The maximum Gasteiger partial charge on any atom is 0.252 e. The van der Waals surface area contributed by atoms with Crippen molar-refractivity contribution in [3.8, 4) is 0 Å². The van der Waals surface area contributed by atoms with Gasteiger partial charge in [0.1, 0.15) is 5.82 Å². The highest BCUT2D eigenvalue weighted by Gasteiger charge is 2.09. The van der Waals surface area contributed by atoms with E-state index in [1.54, 1.807) is 24.2 Å². The molecule has 0 fully saturated rings. The van der Waals surface area contributed by atoms with E-state index in [1.807, 2.05) is 30.5 Å². The van der Waals surface area contributed by atoms with E-state index >= 15 is 0 Å². The van der Waals surface area contributed by atoms with Gasteiger partial charge in [0.15, 0.2) is 0 Å². The summed E-state index contributed by atoms with van der Waals surface area (Å²) in [7, 11) is 0. The van der Waals surface area contributed by atoms with Crippen LogP contribution in [0.2, 0.25) is 0 Å². The number of amides is 1. The van der Waals surface area contributed by atoms with Gasteiger partial charge in [0.05, 0.1) is 5.56 Å². The number of aromatic amines is 1. The van der Waals surface area contributed by atoms with E-state index in [2.05, 4.69) is 15.3 Å². The van der Waals surface area contributed by atoms with E-state index in [1.165, 1.54) is 0 Å². The number of rotatable bonds is 5. The predicted molar refractivity (Wildman–Crippen MR) is 72.8 cm³/mol. The summed E-state index contributed by atoms with van der Waals surface area (Å²) in [6.45, 7) is 0.578. The van der Waals surface area contributed by atoms with Crippen molar-refractivity contribution in [3.05, 3.63) is 48.0 Å². The first-order valence-corrected chi connectivity index (χ1v) is 6.93. The summed E-state index contributed by atoms with van der Waals surface area (Å²) in [5.74, 6) is 0.847. The van der Waals surface area contributed by atoms with Gasteiger partial charge in [-0.15, -0.1) is 11.8 Å². The minimum absolute atomic E-state index is 0.0356. The van der Waals surface area contributed by atoms with Crippen molar-refractivity contribution >= 4 is 17.7 Å². The normalized spacial score (nSPS) is 10.3. The lowest BCUT2D eigenvalue weighted by atomic mass is 10.2. The molecule has 0 aliphatic rings. The molecule has 94 valence electrons. The number of hydrogen-bond acceptors (Lipinski definition) is 3. The van der Waals surface area contributed by atoms with Crippen molar-refractivity contribution in [2.75, 3.05) is 12.8 Å². The van der Waals surface area contributed by atoms with Crippen molar-refractivity contribution in [2.24, 2.45) is 0 Å². The third kappa shape index (κ3) is 3.13. The predicted octanol–water partition coefficient (Wildman–Crippen LogP) is 2.10. The summed E-state index contributed by atoms with van der Waals surface area (Å²) in [4.78, 5) is 20.1. The zero-order valence-electron chi connectivity index (χ0n) is 10.1. The first kappa shape index (κ1) is 12.7. The zero-order valence-corrected chi connectivity index (χ0v) is 11.0. The molecule has 0 spiro atoms. The van der Waals surface area contributed by atoms with E-state index in [9.17, 15) is 4.79 Å². The minimum atomic E-state index is -0.0356. The number of thioether (sulfide) groups is 1. The molecule has 2 N–H and O–H groups in total. The zero-order chi connectivity index (χ0) is 12.8. The monoisotopic (exact) mass is 261 g/mol. The molecule has 0 bridgehead atoms. The van der Waals surface area contributed by atoms with Gasteiger partial charge in [0, 0.05) is 30.3 Å². The van der Waals surface area contributed by atoms with Crippen LogP contribution in [0.1, 0.15) is 16.2 Å². The van der Waals surface area contributed by atoms with Crippen molar-refractivity contribution < 1.29 is 4.79 Å². The molecule has 4 nitrogen and oxygen atoms in total. The summed E-state index contributed by atoms with van der Waals surface area (Å²) in [6.07, 6.45) is 6.16. The van der Waals surface area contributed by atoms with Gasteiger partial charge in [0.2, 0.25) is 0 Å². The number of imidazole rings is 1. The fourth-order valence-corrected chi connectivity index (χ4v) is 2.25. The largest absolute Gasteiger partial charge is 0.352 e. The fourth-order valence-electron chi connectivity index (χ4n) is 1.66. The topological polar surface area (TPSA) is 57.8 Å². The number of carbonyl (C=O) groups excluding carboxylic acids is 1. The maximum atomic E-state index is 12.0. The molecule has 1 aromatic heterocycles. The second-order valence-corrected chi connectivity index (χ2v) is 4.59. The summed E-state index contributed by atoms with van der Waals surface area (Å²) < 4.78 is 0. The van der Waals surface area contributed by atoms with Gasteiger partial charge in [-0.25, -0.2) is 4.98 Å². The molecule has 1 heterocycles. The van der Waals surface area contributed by atoms with Gasteiger partial charge in [-0.3, -0.25) is 4.79 Å². The molecule has 0 unspecified atom stereocenters. The molecular formula is C13H15N3OS. The van der Waals surface area contributed by atoms with E-state index in [-0.39, 0.29) is 5.91 Å². The second-order valence-electron chi connectivity index (χ2n) is 3.74. The molecule has 5 heteroatoms. The molecule has 2 rings (SSSR count). The van der Waals surface area contributed by atoms with Gasteiger partial charge in [-0.2, -0.15) is 0 Å². The van der Waals surface area contributed by atoms with Crippen molar-refractivity contribution in [2.45, 2.75) is 11.3 Å². The molecular weight excluding hydrogens is 246 g/mol. The van der Waals surface area contributed by atoms with Crippen LogP contribution in [0.4, 0.5) is 0 Å². The molecule has 1 amide bonds. The van der Waals surface area contributed by atoms with Crippen LogP contribution in [0.3, 0.4) is 0 Å². The van der Waals surface area contributed by atoms with E-state index in [0.29, 0.717) is 13.0 Å². The first-order valence-electron chi connectivity index (χ1n) is 5.70. The molecule has 0 saturated heterocycles. The third-order valence-electron chi connectivity index (χ3n) is 2.55. The highest BCUT2D eigenvalue weighted by atomic mass is 32.2. The Balaban J connectivity index is 1.91. The lowest BCUT2D eigenvalue weighted by Gasteiger charge is -2.07. The first-order chi connectivity index (χ1) is 8.81. The van der Waals surface area contributed by atoms with Gasteiger partial charge in [-0.05, 0) is 18.4 Å². The fraction of sp³-hybridized carbons (Fsp3) is 0.231. The molecule has 0 saturated carbocycles. The Morgan fingerprint density at radius 2 is 2.28 bits per heavy atom. The molecule has 0 aliphatic heterocycles. The lowest BCUT2D eigenvalue weighted by Crippen LogP contribution is -2.26. The average molecular weight is 261 g/mol. The van der Waals surface area contributed by atoms with Gasteiger partial charge < -0.3 is 10.3 Å². The minimum Gasteiger partial charge on any atom is -0.352 e. The smallest absolute Gasteiger partial charge is 0.252 e. The summed E-state index contributed by atoms with van der Waals surface area (Å²) in [5, 5.41) is 2.90. The van der Waals surface area contributed by atoms with Crippen LogP contribution < -0.4 is 5.32 Å². The molecule has 0 aliphatic carbocycles. The van der Waals surface area contributed by atoms with Crippen LogP contribution in [-0.4, -0.2) is 28.7 Å². The Morgan fingerprint density at radius 3 is 3.00 bits per heavy atom. The number of H-pyrrole nitrogens is 1. The Labute approximate surface area is 110 Å². The quantitative estimate of drug-likeness (QED) is 0.810. The van der Waals surface area contributed by atoms with Crippen LogP contribution in [-0.2, 0) is 6.42 Å². The standard InChI is InChI=1S/C13H15N3OS/c1-18-11-5-3-2-4-10(11)13(17)16-7-6-12-14-8-9-15-12/h2-5,8-9H,6-7H2,1H3,(H,14,15)(H,16,17). The van der Waals surface area contributed by atoms with Crippen molar-refractivity contribution in [1.29, 1.82) is 0 Å². The van der Waals surface area contributed by atoms with Crippen LogP contribution >= 0.6 is 11.8 Å². The molecule has 18 heavy (non-hydrogen) atoms. The van der Waals surface area contributed by atoms with Gasteiger partial charge in [0.25, 0.3) is 5.91 Å². The van der Waals surface area contributed by atoms with E-state index < -0.39 is 0 Å². The summed E-state index contributed by atoms with van der Waals surface area (Å²) in [5.41, 5.74) is 0.726. The Hall–Kier alpha value is -1.75. The van der Waals surface area contributed by atoms with E-state index in [0.717, 1.165) is 16.3 Å². The van der Waals surface area contributed by atoms with Crippen LogP contribution in [0.5, 0.6) is 0 Å². The van der Waals surface area contributed by atoms with Crippen molar-refractivity contribution in [1.82, 2.24) is 15.3 Å². The maximum absolute atomic E-state index is 12.0. The third-order valence-corrected chi connectivity index (χ3v) is 3.35. The number of carbonyl (C=O) groups is 1. The van der Waals surface area contributed by atoms with Crippen LogP contribution in [0.15, 0.2) is 41.6 Å². The Morgan fingerprint density at radius 1 is 1.44 bits per heavy atom. The molecule has 0 atom stereocenters. The molecule has 2 aromatic rings. The van der Waals surface area contributed by atoms with Gasteiger partial charge >= 0.3 is 0 Å². The SMILES string of the molecule is CSc1ccccc1C(=O)NCCc1ncc[nH]1. The number of benzene rings is 1. The summed E-state index contributed by atoms with van der Waals surface area (Å²) in [6, 6.07) is 7.60. The highest BCUT2D eigenvalue weighted by Crippen LogP contribution is 2.19.